The maximum absolute atomic E-state index is 12.8. The van der Waals surface area contributed by atoms with Crippen molar-refractivity contribution in [1.82, 2.24) is 0 Å². The molecule has 88 valence electrons. The number of hydrogen-bond donors (Lipinski definition) is 0. The number of hydrogen-bond acceptors (Lipinski definition) is 0. The van der Waals surface area contributed by atoms with Gasteiger partial charge in [-0.1, -0.05) is 6.92 Å². The molecule has 2 aliphatic carbocycles. The van der Waals surface area contributed by atoms with Gasteiger partial charge in [0, 0.05) is 11.8 Å². The quantitative estimate of drug-likeness (QED) is 0.636. The Morgan fingerprint density at radius 2 is 1.53 bits per heavy atom. The Hall–Kier alpha value is -0.350. The highest BCUT2D eigenvalue weighted by molar-refractivity contribution is 5.09. The highest BCUT2D eigenvalue weighted by Gasteiger charge is 2.70. The van der Waals surface area contributed by atoms with Crippen molar-refractivity contribution in [2.24, 2.45) is 10.8 Å². The first-order valence-corrected chi connectivity index (χ1v) is 5.07. The zero-order valence-electron chi connectivity index (χ0n) is 8.43. The summed E-state index contributed by atoms with van der Waals surface area (Å²) in [6.45, 7) is 1.37. The smallest absolute Gasteiger partial charge is 0.206 e. The van der Waals surface area contributed by atoms with Gasteiger partial charge in [-0.05, 0) is 25.7 Å². The van der Waals surface area contributed by atoms with E-state index in [0.717, 1.165) is 0 Å². The lowest BCUT2D eigenvalue weighted by Crippen LogP contribution is -2.25. The van der Waals surface area contributed by atoms with Gasteiger partial charge in [-0.3, -0.25) is 0 Å². The van der Waals surface area contributed by atoms with Gasteiger partial charge >= 0.3 is 6.18 Å². The molecule has 0 radical (unpaired) electrons. The molecule has 0 aromatic rings. The van der Waals surface area contributed by atoms with Gasteiger partial charge < -0.3 is 0 Å². The van der Waals surface area contributed by atoms with Crippen molar-refractivity contribution in [2.75, 3.05) is 0 Å². The summed E-state index contributed by atoms with van der Waals surface area (Å²) < 4.78 is 63.1. The molecule has 1 atom stereocenters. The summed E-state index contributed by atoms with van der Waals surface area (Å²) in [6, 6.07) is 0. The van der Waals surface area contributed by atoms with E-state index in [0.29, 0.717) is 0 Å². The van der Waals surface area contributed by atoms with Gasteiger partial charge in [0.2, 0.25) is 0 Å². The lowest BCUT2D eigenvalue weighted by atomic mass is 9.92. The van der Waals surface area contributed by atoms with Crippen LogP contribution in [-0.2, 0) is 0 Å². The van der Waals surface area contributed by atoms with Crippen molar-refractivity contribution in [3.05, 3.63) is 0 Å². The lowest BCUT2D eigenvalue weighted by Gasteiger charge is -2.20. The average Bonchev–Trinajstić information content (AvgIpc) is 2.85. The van der Waals surface area contributed by atoms with Crippen LogP contribution in [0.3, 0.4) is 0 Å². The Kier molecular flexibility index (Phi) is 1.98. The topological polar surface area (TPSA) is 0 Å². The molecule has 15 heavy (non-hydrogen) atoms. The molecular weight excluding hydrogens is 215 g/mol. The molecule has 0 saturated heterocycles. The van der Waals surface area contributed by atoms with E-state index in [1.807, 2.05) is 0 Å². The molecule has 2 rings (SSSR count). The van der Waals surface area contributed by atoms with Crippen LogP contribution in [0.2, 0.25) is 0 Å². The van der Waals surface area contributed by atoms with Gasteiger partial charge in [0.25, 0.3) is 5.92 Å². The van der Waals surface area contributed by atoms with Crippen LogP contribution in [0, 0.1) is 10.8 Å². The zero-order chi connectivity index (χ0) is 11.5. The fourth-order valence-electron chi connectivity index (χ4n) is 2.06. The molecule has 0 aliphatic heterocycles. The molecule has 0 heterocycles. The Morgan fingerprint density at radius 1 is 1.07 bits per heavy atom. The molecule has 0 aromatic heterocycles. The summed E-state index contributed by atoms with van der Waals surface area (Å²) in [4.78, 5) is 0. The Labute approximate surface area is 84.8 Å². The first kappa shape index (κ1) is 11.1. The van der Waals surface area contributed by atoms with Crippen LogP contribution >= 0.6 is 0 Å². The second kappa shape index (κ2) is 2.66. The van der Waals surface area contributed by atoms with E-state index >= 15 is 0 Å². The third kappa shape index (κ3) is 1.64. The summed E-state index contributed by atoms with van der Waals surface area (Å²) in [5.74, 6) is -2.74. The van der Waals surface area contributed by atoms with Crippen LogP contribution in [0.1, 0.15) is 39.0 Å². The van der Waals surface area contributed by atoms with Crippen LogP contribution in [-0.4, -0.2) is 12.1 Å². The molecule has 1 unspecified atom stereocenters. The second-order valence-electron chi connectivity index (χ2n) is 5.22. The predicted molar refractivity (Wildman–Crippen MR) is 44.6 cm³/mol. The standard InChI is InChI=1S/C10H13F5/c1-7(6-9(7,11)12)2-3-8(4-5-8)10(13,14)15/h2-6H2,1H3. The number of rotatable bonds is 3. The van der Waals surface area contributed by atoms with Crippen molar-refractivity contribution < 1.29 is 22.0 Å². The predicted octanol–water partition coefficient (Wildman–Crippen LogP) is 4.15. The number of alkyl halides is 5. The van der Waals surface area contributed by atoms with Crippen LogP contribution in [0.4, 0.5) is 22.0 Å². The monoisotopic (exact) mass is 228 g/mol. The largest absolute Gasteiger partial charge is 0.394 e. The van der Waals surface area contributed by atoms with Crippen molar-refractivity contribution in [3.8, 4) is 0 Å². The van der Waals surface area contributed by atoms with Crippen LogP contribution in [0.5, 0.6) is 0 Å². The zero-order valence-corrected chi connectivity index (χ0v) is 8.43. The fourth-order valence-corrected chi connectivity index (χ4v) is 2.06. The third-order valence-corrected chi connectivity index (χ3v) is 3.98. The van der Waals surface area contributed by atoms with E-state index in [-0.39, 0.29) is 32.1 Å². The van der Waals surface area contributed by atoms with Gasteiger partial charge in [0.05, 0.1) is 5.41 Å². The average molecular weight is 228 g/mol. The lowest BCUT2D eigenvalue weighted by molar-refractivity contribution is -0.190. The first-order chi connectivity index (χ1) is 6.62. The summed E-state index contributed by atoms with van der Waals surface area (Å²) >= 11 is 0. The van der Waals surface area contributed by atoms with Crippen LogP contribution in [0.15, 0.2) is 0 Å². The molecule has 0 amide bonds. The van der Waals surface area contributed by atoms with E-state index in [2.05, 4.69) is 0 Å². The van der Waals surface area contributed by atoms with E-state index in [9.17, 15) is 22.0 Å². The van der Waals surface area contributed by atoms with Crippen LogP contribution in [0.25, 0.3) is 0 Å². The highest BCUT2D eigenvalue weighted by Crippen LogP contribution is 2.67. The van der Waals surface area contributed by atoms with Crippen LogP contribution < -0.4 is 0 Å². The molecule has 0 nitrogen and oxygen atoms in total. The SMILES string of the molecule is CC1(CCC2(C(F)(F)F)CC2)CC1(F)F. The number of halogens is 5. The molecule has 2 aliphatic rings. The van der Waals surface area contributed by atoms with Gasteiger partial charge in [0.15, 0.2) is 0 Å². The minimum atomic E-state index is -4.21. The Morgan fingerprint density at radius 3 is 1.80 bits per heavy atom. The normalized spacial score (nSPS) is 36.4. The molecular formula is C10H13F5. The molecule has 2 saturated carbocycles. The minimum absolute atomic E-state index is 0.0144. The summed E-state index contributed by atoms with van der Waals surface area (Å²) in [5, 5.41) is 0. The maximum Gasteiger partial charge on any atom is 0.394 e. The molecule has 0 spiro atoms. The molecule has 0 N–H and O–H groups in total. The van der Waals surface area contributed by atoms with Gasteiger partial charge in [-0.15, -0.1) is 0 Å². The van der Waals surface area contributed by atoms with E-state index < -0.39 is 22.9 Å². The van der Waals surface area contributed by atoms with Crippen molar-refractivity contribution in [2.45, 2.75) is 51.1 Å². The third-order valence-electron chi connectivity index (χ3n) is 3.98. The Bertz CT molecular complexity index is 276. The van der Waals surface area contributed by atoms with Crippen molar-refractivity contribution in [3.63, 3.8) is 0 Å². The van der Waals surface area contributed by atoms with Gasteiger partial charge in [0.1, 0.15) is 0 Å². The fraction of sp³-hybridized carbons (Fsp3) is 1.00. The maximum atomic E-state index is 12.8. The first-order valence-electron chi connectivity index (χ1n) is 5.07. The van der Waals surface area contributed by atoms with Gasteiger partial charge in [-0.2, -0.15) is 13.2 Å². The van der Waals surface area contributed by atoms with Crippen molar-refractivity contribution >= 4 is 0 Å². The van der Waals surface area contributed by atoms with Crippen molar-refractivity contribution in [1.29, 1.82) is 0 Å². The summed E-state index contributed by atoms with van der Waals surface area (Å²) in [6.07, 6.45) is -4.40. The Balaban J connectivity index is 1.90. The van der Waals surface area contributed by atoms with E-state index in [4.69, 9.17) is 0 Å². The molecule has 2 fully saturated rings. The van der Waals surface area contributed by atoms with E-state index in [1.54, 1.807) is 0 Å². The molecule has 0 aromatic carbocycles. The van der Waals surface area contributed by atoms with Gasteiger partial charge in [-0.25, -0.2) is 8.78 Å². The molecule has 0 bridgehead atoms. The highest BCUT2D eigenvalue weighted by atomic mass is 19.4. The summed E-state index contributed by atoms with van der Waals surface area (Å²) in [5.41, 5.74) is -2.80. The van der Waals surface area contributed by atoms with E-state index in [1.165, 1.54) is 6.92 Å². The minimum Gasteiger partial charge on any atom is -0.206 e. The summed E-state index contributed by atoms with van der Waals surface area (Å²) in [7, 11) is 0. The second-order valence-corrected chi connectivity index (χ2v) is 5.22. The molecule has 5 heteroatoms.